The number of likely N-dealkylation sites (tertiary alicyclic amines) is 1. The largest absolute Gasteiger partial charge is 0.461 e. The highest BCUT2D eigenvalue weighted by atomic mass is 35.5. The number of likely N-dealkylation sites (N-methyl/N-ethyl adjacent to an activating group) is 1. The summed E-state index contributed by atoms with van der Waals surface area (Å²) in [6.45, 7) is 1.84. The number of hydrogen-bond donors (Lipinski definition) is 0. The van der Waals surface area contributed by atoms with Crippen LogP contribution < -0.4 is 9.64 Å². The van der Waals surface area contributed by atoms with Gasteiger partial charge in [-0.2, -0.15) is 9.97 Å². The van der Waals surface area contributed by atoms with E-state index in [1.165, 1.54) is 17.3 Å². The normalized spacial score (nSPS) is 22.2. The van der Waals surface area contributed by atoms with Crippen molar-refractivity contribution in [2.45, 2.75) is 43.4 Å². The van der Waals surface area contributed by atoms with Gasteiger partial charge in [0.2, 0.25) is 0 Å². The summed E-state index contributed by atoms with van der Waals surface area (Å²) in [7, 11) is 1.79. The summed E-state index contributed by atoms with van der Waals surface area (Å²) in [6.07, 6.45) is 5.84. The van der Waals surface area contributed by atoms with Crippen molar-refractivity contribution < 1.29 is 22.7 Å². The number of benzene rings is 2. The Balaban J connectivity index is 1.15. The van der Waals surface area contributed by atoms with Crippen molar-refractivity contribution in [2.75, 3.05) is 44.7 Å². The second kappa shape index (κ2) is 13.4. The van der Waals surface area contributed by atoms with E-state index >= 15 is 8.78 Å². The summed E-state index contributed by atoms with van der Waals surface area (Å²) in [5.41, 5.74) is 0.464. The van der Waals surface area contributed by atoms with Gasteiger partial charge in [-0.15, -0.1) is 0 Å². The summed E-state index contributed by atoms with van der Waals surface area (Å²) in [6, 6.07) is 15.7. The van der Waals surface area contributed by atoms with Crippen molar-refractivity contribution in [3.63, 3.8) is 0 Å². The molecule has 9 nitrogen and oxygen atoms in total. The van der Waals surface area contributed by atoms with Crippen molar-refractivity contribution in [1.82, 2.24) is 29.7 Å². The summed E-state index contributed by atoms with van der Waals surface area (Å²) < 4.78 is 52.6. The molecule has 6 heterocycles. The third-order valence-corrected chi connectivity index (χ3v) is 10.8. The van der Waals surface area contributed by atoms with Crippen LogP contribution in [0.1, 0.15) is 31.4 Å². The zero-order chi connectivity index (χ0) is 35.3. The van der Waals surface area contributed by atoms with Crippen LogP contribution >= 0.6 is 11.6 Å². The lowest BCUT2D eigenvalue weighted by atomic mass is 9.95. The molecule has 262 valence electrons. The van der Waals surface area contributed by atoms with Crippen LogP contribution in [0.25, 0.3) is 39.0 Å². The number of pyridine rings is 2. The minimum Gasteiger partial charge on any atom is -0.461 e. The van der Waals surface area contributed by atoms with E-state index in [9.17, 15) is 9.18 Å². The van der Waals surface area contributed by atoms with Gasteiger partial charge in [-0.25, -0.2) is 13.2 Å². The third kappa shape index (κ3) is 6.14. The summed E-state index contributed by atoms with van der Waals surface area (Å²) in [5, 5.41) is 2.31. The molecular weight excluding hydrogens is 679 g/mol. The van der Waals surface area contributed by atoms with Crippen LogP contribution in [0.4, 0.5) is 19.0 Å². The number of nitrogens with zero attached hydrogens (tertiary/aromatic N) is 7. The van der Waals surface area contributed by atoms with Gasteiger partial charge in [-0.1, -0.05) is 48.0 Å². The first-order valence-corrected chi connectivity index (χ1v) is 17.4. The van der Waals surface area contributed by atoms with Crippen LogP contribution in [-0.2, 0) is 4.79 Å². The van der Waals surface area contributed by atoms with Crippen molar-refractivity contribution in [1.29, 1.82) is 0 Å². The Morgan fingerprint density at radius 3 is 2.76 bits per heavy atom. The summed E-state index contributed by atoms with van der Waals surface area (Å²) in [5.74, 6) is -1.96. The maximum atomic E-state index is 16.8. The molecule has 3 saturated heterocycles. The number of hydrogen-bond acceptors (Lipinski definition) is 8. The molecule has 0 N–H and O–H groups in total. The molecule has 0 bridgehead atoms. The van der Waals surface area contributed by atoms with Gasteiger partial charge in [-0.05, 0) is 49.4 Å². The van der Waals surface area contributed by atoms with E-state index in [2.05, 4.69) is 19.9 Å². The minimum atomic E-state index is -0.941. The first kappa shape index (κ1) is 33.3. The molecule has 3 aromatic heterocycles. The van der Waals surface area contributed by atoms with Gasteiger partial charge in [0.1, 0.15) is 29.8 Å². The number of fused-ring (bicyclic) bond motifs is 3. The SMILES string of the molecule is CN(c1nc(OCC23CCCN2C[C@H](F)C3)nc2c(F)c(-c3cccc4cccc(Cl)c34)ncc12)[C@@H]1CCN(C(=O)/C(F)=C/c2ccccn2)C1. The highest BCUT2D eigenvalue weighted by Crippen LogP contribution is 2.41. The van der Waals surface area contributed by atoms with Gasteiger partial charge in [0.25, 0.3) is 5.91 Å². The Hall–Kier alpha value is -4.81. The van der Waals surface area contributed by atoms with E-state index in [4.69, 9.17) is 21.3 Å². The lowest BCUT2D eigenvalue weighted by molar-refractivity contribution is -0.127. The van der Waals surface area contributed by atoms with Crippen molar-refractivity contribution >= 4 is 51.1 Å². The smallest absolute Gasteiger partial charge is 0.319 e. The number of anilines is 1. The summed E-state index contributed by atoms with van der Waals surface area (Å²) >= 11 is 6.61. The number of aromatic nitrogens is 4. The highest BCUT2D eigenvalue weighted by Gasteiger charge is 2.49. The molecule has 1 unspecified atom stereocenters. The molecule has 3 atom stereocenters. The monoisotopic (exact) mass is 713 g/mol. The van der Waals surface area contributed by atoms with Gasteiger partial charge in [0.05, 0.1) is 16.6 Å². The Morgan fingerprint density at radius 2 is 1.94 bits per heavy atom. The fraction of sp³-hybridized carbons (Fsp3) is 0.342. The third-order valence-electron chi connectivity index (χ3n) is 10.5. The standard InChI is InChI=1S/C38H35ClF3N7O2/c1-47(26-12-16-48(21-26)36(50)30(41)17-25-9-2-3-14-43-25)35-28-19-44-33(27-10-4-7-23-8-5-11-29(39)31(23)27)32(42)34(28)45-37(46-35)51-22-38-13-6-15-49(38)20-24(40)18-38/h2-5,7-11,14,17,19,24,26H,6,12-13,15-16,18,20-22H2,1H3/b30-17-/t24-,26-,38?/m1/s1. The molecule has 3 aliphatic rings. The Bertz CT molecular complexity index is 2170. The molecule has 0 aliphatic carbocycles. The molecule has 0 radical (unpaired) electrons. The van der Waals surface area contributed by atoms with Crippen LogP contribution in [0.3, 0.4) is 0 Å². The van der Waals surface area contributed by atoms with Crippen LogP contribution in [0, 0.1) is 5.82 Å². The van der Waals surface area contributed by atoms with Crippen LogP contribution in [0.5, 0.6) is 6.01 Å². The lowest BCUT2D eigenvalue weighted by Crippen LogP contribution is -2.43. The summed E-state index contributed by atoms with van der Waals surface area (Å²) in [4.78, 5) is 36.5. The maximum Gasteiger partial charge on any atom is 0.319 e. The zero-order valence-corrected chi connectivity index (χ0v) is 28.7. The van der Waals surface area contributed by atoms with Crippen molar-refractivity contribution in [3.8, 4) is 17.3 Å². The van der Waals surface area contributed by atoms with E-state index in [0.717, 1.165) is 30.8 Å². The van der Waals surface area contributed by atoms with Crippen LogP contribution in [0.15, 0.2) is 72.8 Å². The van der Waals surface area contributed by atoms with Gasteiger partial charge in [-0.3, -0.25) is 19.7 Å². The van der Waals surface area contributed by atoms with Gasteiger partial charge in [0.15, 0.2) is 11.6 Å². The predicted octanol–water partition coefficient (Wildman–Crippen LogP) is 7.04. The van der Waals surface area contributed by atoms with E-state index in [1.807, 2.05) is 29.2 Å². The van der Waals surface area contributed by atoms with Gasteiger partial charge >= 0.3 is 6.01 Å². The van der Waals surface area contributed by atoms with E-state index in [-0.39, 0.29) is 36.4 Å². The Morgan fingerprint density at radius 1 is 1.10 bits per heavy atom. The number of carbonyl (C=O) groups excluding carboxylic acids is 1. The molecule has 3 aliphatic heterocycles. The number of carbonyl (C=O) groups is 1. The quantitative estimate of drug-likeness (QED) is 0.159. The van der Waals surface area contributed by atoms with Gasteiger partial charge < -0.3 is 14.5 Å². The highest BCUT2D eigenvalue weighted by molar-refractivity contribution is 6.36. The maximum absolute atomic E-state index is 16.8. The lowest BCUT2D eigenvalue weighted by Gasteiger charge is -2.31. The average molecular weight is 714 g/mol. The van der Waals surface area contributed by atoms with Crippen molar-refractivity contribution in [3.05, 3.63) is 89.4 Å². The Labute approximate surface area is 297 Å². The Kier molecular flexibility index (Phi) is 8.75. The molecule has 1 amide bonds. The zero-order valence-electron chi connectivity index (χ0n) is 27.9. The first-order valence-electron chi connectivity index (χ1n) is 17.1. The van der Waals surface area contributed by atoms with Crippen molar-refractivity contribution in [2.24, 2.45) is 0 Å². The second-order valence-corrected chi connectivity index (χ2v) is 14.0. The minimum absolute atomic E-state index is 0.00161. The first-order chi connectivity index (χ1) is 24.7. The average Bonchev–Trinajstić information content (AvgIpc) is 3.85. The second-order valence-electron chi connectivity index (χ2n) is 13.6. The predicted molar refractivity (Wildman–Crippen MR) is 190 cm³/mol. The molecule has 13 heteroatoms. The molecule has 8 rings (SSSR count). The molecular formula is C38H35ClF3N7O2. The van der Waals surface area contributed by atoms with Crippen LogP contribution in [0.2, 0.25) is 5.02 Å². The topological polar surface area (TPSA) is 87.6 Å². The number of alkyl halides is 1. The van der Waals surface area contributed by atoms with E-state index in [0.29, 0.717) is 58.8 Å². The molecule has 51 heavy (non-hydrogen) atoms. The number of halogens is 4. The molecule has 3 fully saturated rings. The number of amides is 1. The molecule has 2 aromatic carbocycles. The fourth-order valence-corrected chi connectivity index (χ4v) is 8.19. The van der Waals surface area contributed by atoms with E-state index < -0.39 is 29.3 Å². The number of rotatable bonds is 8. The fourth-order valence-electron chi connectivity index (χ4n) is 7.90. The van der Waals surface area contributed by atoms with E-state index in [1.54, 1.807) is 37.4 Å². The molecule has 0 spiro atoms. The molecule has 0 saturated carbocycles. The van der Waals surface area contributed by atoms with Crippen LogP contribution in [-0.4, -0.2) is 93.2 Å². The number of ether oxygens (including phenoxy) is 1. The molecule has 5 aromatic rings. The van der Waals surface area contributed by atoms with Gasteiger partial charge in [0, 0.05) is 73.6 Å².